The lowest BCUT2D eigenvalue weighted by molar-refractivity contribution is -0.137. The van der Waals surface area contributed by atoms with Crippen molar-refractivity contribution in [2.75, 3.05) is 11.4 Å². The van der Waals surface area contributed by atoms with Gasteiger partial charge in [-0.1, -0.05) is 12.1 Å². The highest BCUT2D eigenvalue weighted by Crippen LogP contribution is 2.22. The number of carbonyl (C=O) groups excluding carboxylic acids is 2. The van der Waals surface area contributed by atoms with Crippen molar-refractivity contribution in [2.24, 2.45) is 0 Å². The topological polar surface area (TPSA) is 86.7 Å². The maximum Gasteiger partial charge on any atom is 0.305 e. The Morgan fingerprint density at radius 2 is 1.78 bits per heavy atom. The van der Waals surface area contributed by atoms with E-state index in [0.717, 1.165) is 12.1 Å². The average molecular weight is 370 g/mol. The normalized spacial score (nSPS) is 14.9. The number of amides is 2. The lowest BCUT2D eigenvalue weighted by atomic mass is 10.0. The van der Waals surface area contributed by atoms with Crippen molar-refractivity contribution in [3.63, 3.8) is 0 Å². The number of nitrogens with zero attached hydrogens (tertiary/aromatic N) is 1. The smallest absolute Gasteiger partial charge is 0.305 e. The van der Waals surface area contributed by atoms with Crippen LogP contribution in [0.25, 0.3) is 0 Å². The third kappa shape index (κ3) is 4.49. The van der Waals surface area contributed by atoms with Gasteiger partial charge in [-0.25, -0.2) is 4.39 Å². The summed E-state index contributed by atoms with van der Waals surface area (Å²) < 4.78 is 13.1. The lowest BCUT2D eigenvalue weighted by Crippen LogP contribution is -2.30. The van der Waals surface area contributed by atoms with Gasteiger partial charge in [-0.15, -0.1) is 0 Å². The zero-order valence-corrected chi connectivity index (χ0v) is 14.5. The first-order chi connectivity index (χ1) is 12.9. The fourth-order valence-corrected chi connectivity index (χ4v) is 3.08. The minimum Gasteiger partial charge on any atom is -0.481 e. The van der Waals surface area contributed by atoms with Crippen molar-refractivity contribution in [3.8, 4) is 0 Å². The Kier molecular flexibility index (Phi) is 5.49. The molecule has 1 heterocycles. The molecular weight excluding hydrogens is 351 g/mol. The zero-order valence-electron chi connectivity index (χ0n) is 14.5. The largest absolute Gasteiger partial charge is 0.481 e. The van der Waals surface area contributed by atoms with Gasteiger partial charge < -0.3 is 15.3 Å². The van der Waals surface area contributed by atoms with Crippen molar-refractivity contribution in [3.05, 3.63) is 65.5 Å². The first kappa shape index (κ1) is 18.6. The van der Waals surface area contributed by atoms with E-state index in [1.807, 2.05) is 0 Å². The third-order valence-corrected chi connectivity index (χ3v) is 4.47. The molecule has 27 heavy (non-hydrogen) atoms. The van der Waals surface area contributed by atoms with Crippen LogP contribution in [0, 0.1) is 5.82 Å². The molecule has 7 heteroatoms. The number of aliphatic carboxylic acids is 1. The Bertz CT molecular complexity index is 849. The molecule has 2 aromatic carbocycles. The van der Waals surface area contributed by atoms with Crippen molar-refractivity contribution in [2.45, 2.75) is 25.3 Å². The second kappa shape index (κ2) is 7.99. The molecule has 0 bridgehead atoms. The summed E-state index contributed by atoms with van der Waals surface area (Å²) in [6, 6.07) is 11.1. The highest BCUT2D eigenvalue weighted by atomic mass is 19.1. The summed E-state index contributed by atoms with van der Waals surface area (Å²) in [4.78, 5) is 37.1. The van der Waals surface area contributed by atoms with E-state index < -0.39 is 23.7 Å². The maximum atomic E-state index is 13.1. The summed E-state index contributed by atoms with van der Waals surface area (Å²) >= 11 is 0. The van der Waals surface area contributed by atoms with Gasteiger partial charge in [0.2, 0.25) is 5.91 Å². The number of anilines is 1. The summed E-state index contributed by atoms with van der Waals surface area (Å²) in [6.07, 6.45) is 1.02. The molecule has 0 aliphatic carbocycles. The molecular formula is C20H19FN2O4. The van der Waals surface area contributed by atoms with E-state index in [1.165, 1.54) is 24.3 Å². The Labute approximate surface area is 155 Å². The predicted octanol–water partition coefficient (Wildman–Crippen LogP) is 2.90. The SMILES string of the molecule is O=C(O)CC(NC(=O)c1ccc(N2CCCC2=O)cc1)c1ccc(F)cc1. The van der Waals surface area contributed by atoms with Gasteiger partial charge >= 0.3 is 5.97 Å². The van der Waals surface area contributed by atoms with E-state index in [2.05, 4.69) is 5.32 Å². The number of rotatable bonds is 6. The second-order valence-electron chi connectivity index (χ2n) is 6.37. The van der Waals surface area contributed by atoms with E-state index in [0.29, 0.717) is 24.1 Å². The molecule has 3 rings (SSSR count). The molecule has 1 aliphatic heterocycles. The number of hydrogen-bond donors (Lipinski definition) is 2. The summed E-state index contributed by atoms with van der Waals surface area (Å²) in [5.74, 6) is -1.89. The summed E-state index contributed by atoms with van der Waals surface area (Å²) in [5, 5.41) is 11.8. The van der Waals surface area contributed by atoms with Crippen LogP contribution in [0.15, 0.2) is 48.5 Å². The number of carbonyl (C=O) groups is 3. The minimum absolute atomic E-state index is 0.0602. The molecule has 2 N–H and O–H groups in total. The number of hydrogen-bond acceptors (Lipinski definition) is 3. The summed E-state index contributed by atoms with van der Waals surface area (Å²) in [5.41, 5.74) is 1.59. The molecule has 0 radical (unpaired) electrons. The van der Waals surface area contributed by atoms with E-state index in [9.17, 15) is 18.8 Å². The molecule has 0 aromatic heterocycles. The Morgan fingerprint density at radius 3 is 2.33 bits per heavy atom. The van der Waals surface area contributed by atoms with Crippen LogP contribution in [0.3, 0.4) is 0 Å². The zero-order chi connectivity index (χ0) is 19.4. The van der Waals surface area contributed by atoms with Crippen LogP contribution in [0.4, 0.5) is 10.1 Å². The van der Waals surface area contributed by atoms with Crippen molar-refractivity contribution in [1.29, 1.82) is 0 Å². The van der Waals surface area contributed by atoms with Gasteiger partial charge in [-0.3, -0.25) is 14.4 Å². The van der Waals surface area contributed by atoms with E-state index in [1.54, 1.807) is 29.2 Å². The van der Waals surface area contributed by atoms with Gasteiger partial charge in [0.15, 0.2) is 0 Å². The van der Waals surface area contributed by atoms with Crippen LogP contribution in [-0.4, -0.2) is 29.4 Å². The predicted molar refractivity (Wildman–Crippen MR) is 96.9 cm³/mol. The van der Waals surface area contributed by atoms with Crippen LogP contribution in [0.1, 0.15) is 41.2 Å². The monoisotopic (exact) mass is 370 g/mol. The number of nitrogens with one attached hydrogen (secondary N) is 1. The first-order valence-corrected chi connectivity index (χ1v) is 8.62. The lowest BCUT2D eigenvalue weighted by Gasteiger charge is -2.19. The van der Waals surface area contributed by atoms with Gasteiger partial charge in [0.1, 0.15) is 5.82 Å². The van der Waals surface area contributed by atoms with Crippen LogP contribution in [0.5, 0.6) is 0 Å². The van der Waals surface area contributed by atoms with E-state index in [4.69, 9.17) is 5.11 Å². The molecule has 2 amide bonds. The molecule has 0 saturated carbocycles. The molecule has 1 fully saturated rings. The Hall–Kier alpha value is -3.22. The number of benzene rings is 2. The number of carboxylic acids is 1. The average Bonchev–Trinajstić information content (AvgIpc) is 3.07. The fraction of sp³-hybridized carbons (Fsp3) is 0.250. The Morgan fingerprint density at radius 1 is 1.11 bits per heavy atom. The maximum absolute atomic E-state index is 13.1. The molecule has 1 aliphatic rings. The first-order valence-electron chi connectivity index (χ1n) is 8.62. The summed E-state index contributed by atoms with van der Waals surface area (Å²) in [7, 11) is 0. The fourth-order valence-electron chi connectivity index (χ4n) is 3.08. The third-order valence-electron chi connectivity index (χ3n) is 4.47. The van der Waals surface area contributed by atoms with Crippen molar-refractivity contribution >= 4 is 23.5 Å². The van der Waals surface area contributed by atoms with Crippen molar-refractivity contribution < 1.29 is 23.9 Å². The minimum atomic E-state index is -1.08. The molecule has 2 aromatic rings. The quantitative estimate of drug-likeness (QED) is 0.819. The molecule has 0 spiro atoms. The molecule has 140 valence electrons. The van der Waals surface area contributed by atoms with Crippen LogP contribution in [0.2, 0.25) is 0 Å². The molecule has 1 atom stereocenters. The van der Waals surface area contributed by atoms with Gasteiger partial charge in [0.05, 0.1) is 12.5 Å². The standard InChI is InChI=1S/C20H19FN2O4/c21-15-7-3-13(4-8-15)17(12-19(25)26)22-20(27)14-5-9-16(10-6-14)23-11-1-2-18(23)24/h3-10,17H,1-2,11-12H2,(H,22,27)(H,25,26). The van der Waals surface area contributed by atoms with Gasteiger partial charge in [-0.05, 0) is 48.4 Å². The van der Waals surface area contributed by atoms with Crippen LogP contribution >= 0.6 is 0 Å². The number of carboxylic acid groups (broad SMARTS) is 1. The van der Waals surface area contributed by atoms with E-state index in [-0.39, 0.29) is 12.3 Å². The molecule has 1 unspecified atom stereocenters. The Balaban J connectivity index is 1.74. The van der Waals surface area contributed by atoms with Crippen molar-refractivity contribution in [1.82, 2.24) is 5.32 Å². The van der Waals surface area contributed by atoms with E-state index >= 15 is 0 Å². The molecule has 6 nitrogen and oxygen atoms in total. The second-order valence-corrected chi connectivity index (χ2v) is 6.37. The van der Waals surface area contributed by atoms with Gasteiger partial charge in [0, 0.05) is 24.2 Å². The molecule has 1 saturated heterocycles. The highest BCUT2D eigenvalue weighted by molar-refractivity contribution is 5.97. The number of halogens is 1. The van der Waals surface area contributed by atoms with Crippen LogP contribution < -0.4 is 10.2 Å². The highest BCUT2D eigenvalue weighted by Gasteiger charge is 2.22. The van der Waals surface area contributed by atoms with Crippen LogP contribution in [-0.2, 0) is 9.59 Å². The van der Waals surface area contributed by atoms with Gasteiger partial charge in [-0.2, -0.15) is 0 Å². The summed E-state index contributed by atoms with van der Waals surface area (Å²) in [6.45, 7) is 0.662. The van der Waals surface area contributed by atoms with Gasteiger partial charge in [0.25, 0.3) is 5.91 Å².